The van der Waals surface area contributed by atoms with Gasteiger partial charge in [-0.25, -0.2) is 4.79 Å². The molecule has 18 heavy (non-hydrogen) atoms. The van der Waals surface area contributed by atoms with Crippen LogP contribution in [0.1, 0.15) is 44.0 Å². The number of imidazole rings is 1. The van der Waals surface area contributed by atoms with Gasteiger partial charge in [0.05, 0.1) is 12.3 Å². The molecule has 0 saturated carbocycles. The minimum Gasteiger partial charge on any atom is -0.466 e. The molecule has 0 amide bonds. The lowest BCUT2D eigenvalue weighted by Gasteiger charge is -2.03. The van der Waals surface area contributed by atoms with Crippen molar-refractivity contribution in [2.45, 2.75) is 39.5 Å². The van der Waals surface area contributed by atoms with E-state index in [1.807, 2.05) is 0 Å². The summed E-state index contributed by atoms with van der Waals surface area (Å²) in [5, 5.41) is 0. The van der Waals surface area contributed by atoms with Crippen molar-refractivity contribution >= 4 is 23.1 Å². The molecule has 0 atom stereocenters. The molecule has 0 radical (unpaired) electrons. The van der Waals surface area contributed by atoms with E-state index in [0.717, 1.165) is 23.4 Å². The van der Waals surface area contributed by atoms with E-state index < -0.39 is 0 Å². The lowest BCUT2D eigenvalue weighted by molar-refractivity contribution is -0.143. The minimum absolute atomic E-state index is 0.172. The largest absolute Gasteiger partial charge is 0.466 e. The second kappa shape index (κ2) is 7.10. The molecule has 1 rings (SSSR count). The fraction of sp³-hybridized carbons (Fsp3) is 0.583. The molecule has 0 bridgehead atoms. The number of aromatic nitrogens is 2. The van der Waals surface area contributed by atoms with Crippen molar-refractivity contribution < 1.29 is 9.53 Å². The molecule has 1 aromatic rings. The molecule has 0 fully saturated rings. The zero-order valence-corrected chi connectivity index (χ0v) is 11.5. The van der Waals surface area contributed by atoms with Crippen molar-refractivity contribution in [3.63, 3.8) is 0 Å². The molecular formula is C12H18N2O3S. The normalized spacial score (nSPS) is 10.3. The average Bonchev–Trinajstić information content (AvgIpc) is 2.64. The van der Waals surface area contributed by atoms with Gasteiger partial charge in [0.1, 0.15) is 0 Å². The smallest absolute Gasteiger partial charge is 0.323 e. The Hall–Kier alpha value is -1.43. The molecule has 1 aromatic heterocycles. The zero-order chi connectivity index (χ0) is 13.5. The fourth-order valence-electron chi connectivity index (χ4n) is 1.66. The first kappa shape index (κ1) is 14.6. The van der Waals surface area contributed by atoms with E-state index in [-0.39, 0.29) is 11.7 Å². The van der Waals surface area contributed by atoms with Crippen LogP contribution in [0, 0.1) is 6.92 Å². The highest BCUT2D eigenvalue weighted by atomic mass is 32.1. The molecule has 0 aromatic carbocycles. The molecule has 0 aliphatic heterocycles. The van der Waals surface area contributed by atoms with E-state index in [9.17, 15) is 9.59 Å². The van der Waals surface area contributed by atoms with Gasteiger partial charge < -0.3 is 14.7 Å². The lowest BCUT2D eigenvalue weighted by Crippen LogP contribution is -2.06. The van der Waals surface area contributed by atoms with E-state index in [4.69, 9.17) is 17.0 Å². The summed E-state index contributed by atoms with van der Waals surface area (Å²) < 4.78 is 4.83. The van der Waals surface area contributed by atoms with Gasteiger partial charge in [0.15, 0.2) is 0 Å². The van der Waals surface area contributed by atoms with Crippen LogP contribution in [-0.4, -0.2) is 27.4 Å². The quantitative estimate of drug-likeness (QED) is 0.343. The van der Waals surface area contributed by atoms with Gasteiger partial charge in [-0.2, -0.15) is 0 Å². The van der Waals surface area contributed by atoms with Crippen molar-refractivity contribution in [3.8, 4) is 0 Å². The lowest BCUT2D eigenvalue weighted by atomic mass is 10.1. The van der Waals surface area contributed by atoms with Crippen LogP contribution in [-0.2, 0) is 9.53 Å². The van der Waals surface area contributed by atoms with Crippen molar-refractivity contribution in [1.82, 2.24) is 9.97 Å². The van der Waals surface area contributed by atoms with Gasteiger partial charge in [-0.3, -0.25) is 4.79 Å². The molecule has 2 N–H and O–H groups in total. The maximum Gasteiger partial charge on any atom is 0.323 e. The number of nitrogens with one attached hydrogen (secondary N) is 2. The maximum atomic E-state index is 11.1. The number of thiocarbonyl (C=S) groups is 1. The third-order valence-electron chi connectivity index (χ3n) is 2.53. The van der Waals surface area contributed by atoms with Crippen LogP contribution >= 0.6 is 12.2 Å². The van der Waals surface area contributed by atoms with Crippen LogP contribution in [0.4, 0.5) is 0 Å². The second-order valence-electron chi connectivity index (χ2n) is 4.01. The highest BCUT2D eigenvalue weighted by Crippen LogP contribution is 2.09. The number of H-pyrrole nitrogens is 2. The Kier molecular flexibility index (Phi) is 5.77. The van der Waals surface area contributed by atoms with Crippen LogP contribution in [0.25, 0.3) is 0 Å². The maximum absolute atomic E-state index is 11.1. The Morgan fingerprint density at radius 3 is 2.50 bits per heavy atom. The third kappa shape index (κ3) is 4.44. The highest BCUT2D eigenvalue weighted by molar-refractivity contribution is 7.80. The summed E-state index contributed by atoms with van der Waals surface area (Å²) >= 11 is 5.25. The number of ether oxygens (including phenoxy) is 1. The van der Waals surface area contributed by atoms with Crippen molar-refractivity contribution in [2.75, 3.05) is 6.61 Å². The number of hydrogen-bond acceptors (Lipinski definition) is 4. The number of hydrogen-bond donors (Lipinski definition) is 2. The molecule has 6 heteroatoms. The summed E-state index contributed by atoms with van der Waals surface area (Å²) in [7, 11) is 0. The van der Waals surface area contributed by atoms with Gasteiger partial charge in [0.2, 0.25) is 0 Å². The molecule has 100 valence electrons. The number of aromatic amines is 2. The standard InChI is InChI=1S/C12H18N2O3S/c1-3-17-10(15)7-5-4-6-9(18)11-8(2)13-12(16)14-11/h3-7H2,1-2H3,(H2,13,14,16). The molecule has 0 saturated heterocycles. The van der Waals surface area contributed by atoms with E-state index in [0.29, 0.717) is 25.1 Å². The van der Waals surface area contributed by atoms with Crippen molar-refractivity contribution in [1.29, 1.82) is 0 Å². The Morgan fingerprint density at radius 2 is 1.94 bits per heavy atom. The van der Waals surface area contributed by atoms with E-state index in [1.54, 1.807) is 13.8 Å². The van der Waals surface area contributed by atoms with Gasteiger partial charge in [-0.1, -0.05) is 12.2 Å². The average molecular weight is 270 g/mol. The fourth-order valence-corrected chi connectivity index (χ4v) is 2.01. The number of unbranched alkanes of at least 4 members (excludes halogenated alkanes) is 1. The Bertz CT molecular complexity index is 476. The number of rotatable bonds is 7. The minimum atomic E-state index is -0.239. The summed E-state index contributed by atoms with van der Waals surface area (Å²) in [6, 6.07) is 0. The first-order chi connectivity index (χ1) is 8.54. The summed E-state index contributed by atoms with van der Waals surface area (Å²) in [5.74, 6) is -0.172. The van der Waals surface area contributed by atoms with Crippen molar-refractivity contribution in [2.24, 2.45) is 0 Å². The monoisotopic (exact) mass is 270 g/mol. The first-order valence-corrected chi connectivity index (χ1v) is 6.43. The van der Waals surface area contributed by atoms with Gasteiger partial charge in [0, 0.05) is 17.0 Å². The third-order valence-corrected chi connectivity index (χ3v) is 2.94. The molecule has 5 nitrogen and oxygen atoms in total. The van der Waals surface area contributed by atoms with Crippen LogP contribution in [0.3, 0.4) is 0 Å². The van der Waals surface area contributed by atoms with Gasteiger partial charge in [0.25, 0.3) is 0 Å². The SMILES string of the molecule is CCOC(=O)CCCCC(=S)c1[nH]c(=O)[nH]c1C. The number of carbonyl (C=O) groups excluding carboxylic acids is 1. The van der Waals surface area contributed by atoms with E-state index in [1.165, 1.54) is 0 Å². The summed E-state index contributed by atoms with van der Waals surface area (Å²) in [6.45, 7) is 4.01. The molecule has 0 spiro atoms. The van der Waals surface area contributed by atoms with Crippen molar-refractivity contribution in [3.05, 3.63) is 21.9 Å². The highest BCUT2D eigenvalue weighted by Gasteiger charge is 2.09. The molecule has 1 heterocycles. The topological polar surface area (TPSA) is 75.0 Å². The number of aryl methyl sites for hydroxylation is 1. The summed E-state index contributed by atoms with van der Waals surface area (Å²) in [6.07, 6.45) is 2.65. The molecule has 0 aliphatic carbocycles. The van der Waals surface area contributed by atoms with Gasteiger partial charge in [-0.05, 0) is 33.1 Å². The molecular weight excluding hydrogens is 252 g/mol. The van der Waals surface area contributed by atoms with E-state index in [2.05, 4.69) is 9.97 Å². The van der Waals surface area contributed by atoms with Gasteiger partial charge in [-0.15, -0.1) is 0 Å². The predicted octanol–water partition coefficient (Wildman–Crippen LogP) is 1.85. The van der Waals surface area contributed by atoms with Crippen LogP contribution in [0.2, 0.25) is 0 Å². The van der Waals surface area contributed by atoms with Crippen LogP contribution < -0.4 is 5.69 Å². The number of carbonyl (C=O) groups is 1. The first-order valence-electron chi connectivity index (χ1n) is 6.02. The molecule has 0 unspecified atom stereocenters. The second-order valence-corrected chi connectivity index (χ2v) is 4.51. The summed E-state index contributed by atoms with van der Waals surface area (Å²) in [4.78, 5) is 28.2. The molecule has 0 aliphatic rings. The Morgan fingerprint density at radius 1 is 1.28 bits per heavy atom. The van der Waals surface area contributed by atoms with Crippen LogP contribution in [0.5, 0.6) is 0 Å². The Balaban J connectivity index is 2.32. The Labute approximate surface area is 111 Å². The predicted molar refractivity (Wildman–Crippen MR) is 73.0 cm³/mol. The van der Waals surface area contributed by atoms with Gasteiger partial charge >= 0.3 is 11.7 Å². The van der Waals surface area contributed by atoms with E-state index >= 15 is 0 Å². The number of esters is 1. The zero-order valence-electron chi connectivity index (χ0n) is 10.7. The summed E-state index contributed by atoms with van der Waals surface area (Å²) in [5.41, 5.74) is 1.22. The van der Waals surface area contributed by atoms with Crippen LogP contribution in [0.15, 0.2) is 4.79 Å².